The van der Waals surface area contributed by atoms with Crippen molar-refractivity contribution in [3.05, 3.63) is 115 Å². The summed E-state index contributed by atoms with van der Waals surface area (Å²) in [6, 6.07) is 28.7. The Kier molecular flexibility index (Phi) is 5.94. The number of nitrogens with one attached hydrogen (secondary N) is 1. The lowest BCUT2D eigenvalue weighted by Crippen LogP contribution is -2.12. The molecule has 0 aliphatic heterocycles. The van der Waals surface area contributed by atoms with Crippen LogP contribution in [0.15, 0.2) is 109 Å². The van der Waals surface area contributed by atoms with E-state index in [0.717, 1.165) is 0 Å². The van der Waals surface area contributed by atoms with Crippen molar-refractivity contribution in [3.63, 3.8) is 0 Å². The number of para-hydroxylation sites is 2. The van der Waals surface area contributed by atoms with Crippen LogP contribution in [0, 0.1) is 0 Å². The molecule has 166 valence electrons. The topological polar surface area (TPSA) is 91.2 Å². The monoisotopic (exact) mass is 449 g/mol. The smallest absolute Gasteiger partial charge is 0.259 e. The van der Waals surface area contributed by atoms with Gasteiger partial charge in [0, 0.05) is 24.1 Å². The largest absolute Gasteiger partial charge is 0.457 e. The third-order valence-electron chi connectivity index (χ3n) is 4.80. The molecule has 0 saturated carbocycles. The second kappa shape index (κ2) is 9.66. The maximum atomic E-state index is 12.9. The van der Waals surface area contributed by atoms with Crippen LogP contribution in [-0.2, 0) is 0 Å². The number of anilines is 1. The van der Waals surface area contributed by atoms with Crippen molar-refractivity contribution in [1.82, 2.24) is 20.0 Å². The van der Waals surface area contributed by atoms with Crippen LogP contribution in [-0.4, -0.2) is 25.9 Å². The van der Waals surface area contributed by atoms with Crippen LogP contribution in [0.2, 0.25) is 0 Å². The molecular weight excluding hydrogens is 430 g/mol. The molecule has 0 atom stereocenters. The predicted molar refractivity (Wildman–Crippen MR) is 127 cm³/mol. The second-order valence-corrected chi connectivity index (χ2v) is 7.17. The van der Waals surface area contributed by atoms with Gasteiger partial charge < -0.3 is 14.8 Å². The Morgan fingerprint density at radius 2 is 1.50 bits per heavy atom. The van der Waals surface area contributed by atoms with Gasteiger partial charge in [-0.1, -0.05) is 30.3 Å². The van der Waals surface area contributed by atoms with Gasteiger partial charge in [-0.05, 0) is 60.7 Å². The zero-order chi connectivity index (χ0) is 23.2. The van der Waals surface area contributed by atoms with Crippen molar-refractivity contribution in [2.45, 2.75) is 0 Å². The molecule has 0 saturated heterocycles. The highest BCUT2D eigenvalue weighted by Gasteiger charge is 2.13. The highest BCUT2D eigenvalue weighted by atomic mass is 16.5. The number of benzene rings is 3. The summed E-state index contributed by atoms with van der Waals surface area (Å²) in [4.78, 5) is 12.9. The number of rotatable bonds is 7. The molecule has 1 N–H and O–H groups in total. The van der Waals surface area contributed by atoms with Gasteiger partial charge in [-0.15, -0.1) is 10.2 Å². The Morgan fingerprint density at radius 1 is 0.735 bits per heavy atom. The molecule has 0 bridgehead atoms. The summed E-state index contributed by atoms with van der Waals surface area (Å²) < 4.78 is 13.2. The first-order chi connectivity index (χ1) is 16.7. The van der Waals surface area contributed by atoms with Crippen LogP contribution in [0.4, 0.5) is 5.69 Å². The van der Waals surface area contributed by atoms with E-state index in [1.165, 1.54) is 0 Å². The van der Waals surface area contributed by atoms with E-state index in [1.54, 1.807) is 77.7 Å². The summed E-state index contributed by atoms with van der Waals surface area (Å²) in [6.45, 7) is 0. The fraction of sp³-hybridized carbons (Fsp3) is 0. The molecule has 2 aromatic heterocycles. The maximum absolute atomic E-state index is 12.9. The summed E-state index contributed by atoms with van der Waals surface area (Å²) in [7, 11) is 0. The van der Waals surface area contributed by atoms with Crippen molar-refractivity contribution in [3.8, 4) is 28.9 Å². The Bertz CT molecular complexity index is 1370. The van der Waals surface area contributed by atoms with Gasteiger partial charge in [-0.2, -0.15) is 5.10 Å². The number of hydrogen-bond acceptors (Lipinski definition) is 6. The van der Waals surface area contributed by atoms with Gasteiger partial charge >= 0.3 is 0 Å². The Hall–Kier alpha value is -4.98. The van der Waals surface area contributed by atoms with E-state index < -0.39 is 0 Å². The number of carbonyl (C=O) groups excluding carboxylic acids is 1. The molecule has 0 radical (unpaired) electrons. The number of ether oxygens (including phenoxy) is 2. The minimum Gasteiger partial charge on any atom is -0.457 e. The van der Waals surface area contributed by atoms with Gasteiger partial charge in [-0.3, -0.25) is 4.79 Å². The van der Waals surface area contributed by atoms with Crippen molar-refractivity contribution in [2.75, 3.05) is 5.32 Å². The zero-order valence-corrected chi connectivity index (χ0v) is 17.9. The number of amides is 1. The van der Waals surface area contributed by atoms with E-state index in [1.807, 2.05) is 36.4 Å². The average Bonchev–Trinajstić information content (AvgIpc) is 3.42. The summed E-state index contributed by atoms with van der Waals surface area (Å²) in [5.74, 6) is 2.35. The summed E-state index contributed by atoms with van der Waals surface area (Å²) >= 11 is 0. The van der Waals surface area contributed by atoms with Gasteiger partial charge in [0.05, 0.1) is 5.56 Å². The molecule has 5 aromatic rings. The van der Waals surface area contributed by atoms with E-state index in [2.05, 4.69) is 20.6 Å². The molecule has 0 fully saturated rings. The Labute approximate surface area is 195 Å². The Morgan fingerprint density at radius 3 is 2.24 bits per heavy atom. The molecule has 34 heavy (non-hydrogen) atoms. The quantitative estimate of drug-likeness (QED) is 0.353. The Balaban J connectivity index is 1.24. The SMILES string of the molecule is O=C(Nc1ccc(Oc2ccc(-n3cccn3)nn2)cc1)c1ccccc1Oc1ccccc1. The predicted octanol–water partition coefficient (Wildman–Crippen LogP) is 5.50. The van der Waals surface area contributed by atoms with Gasteiger partial charge in [-0.25, -0.2) is 4.68 Å². The van der Waals surface area contributed by atoms with Gasteiger partial charge in [0.1, 0.15) is 17.2 Å². The van der Waals surface area contributed by atoms with Crippen LogP contribution in [0.1, 0.15) is 10.4 Å². The van der Waals surface area contributed by atoms with Gasteiger partial charge in [0.15, 0.2) is 5.82 Å². The summed E-state index contributed by atoms with van der Waals surface area (Å²) in [6.07, 6.45) is 3.45. The first-order valence-corrected chi connectivity index (χ1v) is 10.5. The normalized spacial score (nSPS) is 10.5. The van der Waals surface area contributed by atoms with E-state index in [0.29, 0.717) is 40.2 Å². The fourth-order valence-corrected chi connectivity index (χ4v) is 3.18. The van der Waals surface area contributed by atoms with E-state index in [9.17, 15) is 4.79 Å². The molecule has 0 unspecified atom stereocenters. The number of hydrogen-bond donors (Lipinski definition) is 1. The van der Waals surface area contributed by atoms with Gasteiger partial charge in [0.25, 0.3) is 5.91 Å². The number of aromatic nitrogens is 4. The summed E-state index contributed by atoms with van der Waals surface area (Å²) in [5.41, 5.74) is 1.05. The van der Waals surface area contributed by atoms with Crippen LogP contribution >= 0.6 is 0 Å². The van der Waals surface area contributed by atoms with Crippen LogP contribution in [0.3, 0.4) is 0 Å². The third kappa shape index (κ3) is 4.91. The highest BCUT2D eigenvalue weighted by Crippen LogP contribution is 2.27. The molecule has 8 heteroatoms. The van der Waals surface area contributed by atoms with E-state index in [4.69, 9.17) is 9.47 Å². The minimum atomic E-state index is -0.278. The lowest BCUT2D eigenvalue weighted by atomic mass is 10.1. The maximum Gasteiger partial charge on any atom is 0.259 e. The van der Waals surface area contributed by atoms with E-state index >= 15 is 0 Å². The minimum absolute atomic E-state index is 0.278. The van der Waals surface area contributed by atoms with Crippen LogP contribution in [0.5, 0.6) is 23.1 Å². The molecule has 8 nitrogen and oxygen atoms in total. The molecular formula is C26H19N5O3. The van der Waals surface area contributed by atoms with Crippen molar-refractivity contribution < 1.29 is 14.3 Å². The number of carbonyl (C=O) groups is 1. The molecule has 0 aliphatic rings. The van der Waals surface area contributed by atoms with Crippen molar-refractivity contribution in [1.29, 1.82) is 0 Å². The van der Waals surface area contributed by atoms with Crippen molar-refractivity contribution >= 4 is 11.6 Å². The molecule has 1 amide bonds. The molecule has 0 aliphatic carbocycles. The standard InChI is InChI=1S/C26H19N5O3/c32-26(22-9-4-5-10-23(22)33-20-7-2-1-3-8-20)28-19-11-13-21(14-12-19)34-25-16-15-24(29-30-25)31-18-6-17-27-31/h1-18H,(H,28,32). The van der Waals surface area contributed by atoms with Crippen LogP contribution in [0.25, 0.3) is 5.82 Å². The lowest BCUT2D eigenvalue weighted by molar-refractivity contribution is 0.102. The second-order valence-electron chi connectivity index (χ2n) is 7.17. The van der Waals surface area contributed by atoms with Gasteiger partial charge in [0.2, 0.25) is 5.88 Å². The summed E-state index contributed by atoms with van der Waals surface area (Å²) in [5, 5.41) is 15.2. The molecule has 3 aromatic carbocycles. The first-order valence-electron chi connectivity index (χ1n) is 10.5. The average molecular weight is 449 g/mol. The third-order valence-corrected chi connectivity index (χ3v) is 4.80. The van der Waals surface area contributed by atoms with Crippen molar-refractivity contribution in [2.24, 2.45) is 0 Å². The molecule has 5 rings (SSSR count). The zero-order valence-electron chi connectivity index (χ0n) is 17.9. The lowest BCUT2D eigenvalue weighted by Gasteiger charge is -2.12. The van der Waals surface area contributed by atoms with Crippen LogP contribution < -0.4 is 14.8 Å². The first kappa shape index (κ1) is 20.9. The number of nitrogens with zero attached hydrogens (tertiary/aromatic N) is 4. The molecule has 2 heterocycles. The fourth-order valence-electron chi connectivity index (χ4n) is 3.18. The van der Waals surface area contributed by atoms with E-state index in [-0.39, 0.29) is 5.91 Å². The molecule has 0 spiro atoms. The highest BCUT2D eigenvalue weighted by molar-refractivity contribution is 6.06.